The van der Waals surface area contributed by atoms with E-state index >= 15 is 0 Å². The molecule has 0 atom stereocenters. The van der Waals surface area contributed by atoms with Gasteiger partial charge in [0.2, 0.25) is 5.89 Å². The van der Waals surface area contributed by atoms with Crippen LogP contribution in [-0.2, 0) is 6.54 Å². The van der Waals surface area contributed by atoms with Crippen molar-refractivity contribution in [3.63, 3.8) is 0 Å². The minimum absolute atomic E-state index is 0.253. The van der Waals surface area contributed by atoms with Crippen LogP contribution < -0.4 is 5.32 Å². The smallest absolute Gasteiger partial charge is 0.214 e. The summed E-state index contributed by atoms with van der Waals surface area (Å²) in [7, 11) is 0. The molecule has 19 heavy (non-hydrogen) atoms. The Morgan fingerprint density at radius 3 is 2.68 bits per heavy atom. The fourth-order valence-electron chi connectivity index (χ4n) is 1.97. The molecular formula is C15H14N2O2. The molecule has 2 N–H and O–H groups in total. The molecule has 4 nitrogen and oxygen atoms in total. The maximum Gasteiger partial charge on any atom is 0.214 e. The largest absolute Gasteiger partial charge is 0.508 e. The number of nitrogens with zero attached hydrogens (tertiary/aromatic N) is 1. The Morgan fingerprint density at radius 1 is 1.16 bits per heavy atom. The van der Waals surface area contributed by atoms with E-state index in [1.54, 1.807) is 12.1 Å². The molecule has 2 aromatic carbocycles. The molecule has 1 heterocycles. The molecule has 3 aromatic rings. The summed E-state index contributed by atoms with van der Waals surface area (Å²) in [5, 5.41) is 12.4. The first kappa shape index (κ1) is 11.6. The third kappa shape index (κ3) is 2.38. The number of fused-ring (bicyclic) bond motifs is 1. The minimum Gasteiger partial charge on any atom is -0.508 e. The summed E-state index contributed by atoms with van der Waals surface area (Å²) in [6.07, 6.45) is 0. The van der Waals surface area contributed by atoms with Gasteiger partial charge in [-0.05, 0) is 42.8 Å². The molecule has 0 unspecified atom stereocenters. The van der Waals surface area contributed by atoms with E-state index in [-0.39, 0.29) is 5.75 Å². The Balaban J connectivity index is 1.78. The van der Waals surface area contributed by atoms with Crippen molar-refractivity contribution in [1.82, 2.24) is 4.98 Å². The molecule has 0 radical (unpaired) electrons. The quantitative estimate of drug-likeness (QED) is 0.703. The van der Waals surface area contributed by atoms with E-state index in [4.69, 9.17) is 4.42 Å². The first-order valence-electron chi connectivity index (χ1n) is 6.10. The predicted molar refractivity (Wildman–Crippen MR) is 74.2 cm³/mol. The van der Waals surface area contributed by atoms with Gasteiger partial charge in [0.1, 0.15) is 11.3 Å². The fraction of sp³-hybridized carbons (Fsp3) is 0.133. The van der Waals surface area contributed by atoms with Crippen molar-refractivity contribution in [2.24, 2.45) is 0 Å². The molecule has 3 rings (SSSR count). The van der Waals surface area contributed by atoms with Crippen molar-refractivity contribution in [2.75, 3.05) is 5.32 Å². The normalized spacial score (nSPS) is 10.8. The number of hydrogen-bond acceptors (Lipinski definition) is 4. The Morgan fingerprint density at radius 2 is 1.95 bits per heavy atom. The van der Waals surface area contributed by atoms with Gasteiger partial charge in [0.15, 0.2) is 5.58 Å². The average Bonchev–Trinajstić information content (AvgIpc) is 2.83. The Bertz CT molecular complexity index is 702. The van der Waals surface area contributed by atoms with E-state index in [0.717, 1.165) is 22.4 Å². The van der Waals surface area contributed by atoms with Crippen LogP contribution in [0.2, 0.25) is 0 Å². The van der Waals surface area contributed by atoms with Crippen molar-refractivity contribution < 1.29 is 9.52 Å². The number of rotatable bonds is 3. The lowest BCUT2D eigenvalue weighted by molar-refractivity contribution is 0.475. The molecule has 0 saturated carbocycles. The van der Waals surface area contributed by atoms with Crippen molar-refractivity contribution >= 4 is 16.8 Å². The number of hydrogen-bond donors (Lipinski definition) is 2. The molecular weight excluding hydrogens is 240 g/mol. The molecule has 0 aliphatic rings. The van der Waals surface area contributed by atoms with Crippen LogP contribution in [0, 0.1) is 6.92 Å². The summed E-state index contributed by atoms with van der Waals surface area (Å²) in [6, 6.07) is 12.8. The summed E-state index contributed by atoms with van der Waals surface area (Å²) in [5.41, 5.74) is 3.71. The highest BCUT2D eigenvalue weighted by Crippen LogP contribution is 2.20. The van der Waals surface area contributed by atoms with Gasteiger partial charge in [0, 0.05) is 5.69 Å². The van der Waals surface area contributed by atoms with Gasteiger partial charge in [-0.1, -0.05) is 12.1 Å². The average molecular weight is 254 g/mol. The van der Waals surface area contributed by atoms with E-state index in [1.165, 1.54) is 0 Å². The van der Waals surface area contributed by atoms with E-state index in [2.05, 4.69) is 10.3 Å². The molecule has 0 bridgehead atoms. The number of oxazole rings is 1. The van der Waals surface area contributed by atoms with Crippen molar-refractivity contribution in [2.45, 2.75) is 13.5 Å². The highest BCUT2D eigenvalue weighted by Gasteiger charge is 2.07. The van der Waals surface area contributed by atoms with Crippen molar-refractivity contribution in [1.29, 1.82) is 0 Å². The number of nitrogens with one attached hydrogen (secondary N) is 1. The third-order valence-electron chi connectivity index (χ3n) is 2.97. The summed E-state index contributed by atoms with van der Waals surface area (Å²) in [6.45, 7) is 2.52. The maximum atomic E-state index is 9.21. The lowest BCUT2D eigenvalue weighted by Gasteiger charge is -2.03. The highest BCUT2D eigenvalue weighted by molar-refractivity contribution is 5.76. The molecule has 0 aliphatic heterocycles. The summed E-state index contributed by atoms with van der Waals surface area (Å²) in [4.78, 5) is 4.43. The van der Waals surface area contributed by atoms with Gasteiger partial charge in [0.05, 0.1) is 6.54 Å². The molecule has 0 aliphatic carbocycles. The van der Waals surface area contributed by atoms with Gasteiger partial charge in [-0.2, -0.15) is 0 Å². The maximum absolute atomic E-state index is 9.21. The fourth-order valence-corrected chi connectivity index (χ4v) is 1.97. The van der Waals surface area contributed by atoms with Crippen LogP contribution in [0.15, 0.2) is 46.9 Å². The second-order valence-electron chi connectivity index (χ2n) is 4.43. The van der Waals surface area contributed by atoms with Gasteiger partial charge in [-0.3, -0.25) is 0 Å². The minimum atomic E-state index is 0.253. The Hall–Kier alpha value is -2.49. The first-order chi connectivity index (χ1) is 9.22. The molecule has 1 aromatic heterocycles. The number of anilines is 1. The van der Waals surface area contributed by atoms with E-state index < -0.39 is 0 Å². The van der Waals surface area contributed by atoms with E-state index in [9.17, 15) is 5.11 Å². The second kappa shape index (κ2) is 4.65. The van der Waals surface area contributed by atoms with Crippen molar-refractivity contribution in [3.8, 4) is 5.75 Å². The number of para-hydroxylation sites is 1. The monoisotopic (exact) mass is 254 g/mol. The topological polar surface area (TPSA) is 58.3 Å². The highest BCUT2D eigenvalue weighted by atomic mass is 16.3. The van der Waals surface area contributed by atoms with Crippen LogP contribution in [-0.4, -0.2) is 10.1 Å². The summed E-state index contributed by atoms with van der Waals surface area (Å²) in [5.74, 6) is 0.903. The number of phenolic OH excluding ortho intramolecular Hbond substituents is 1. The van der Waals surface area contributed by atoms with Crippen LogP contribution in [0.25, 0.3) is 11.1 Å². The molecule has 0 amide bonds. The molecule has 96 valence electrons. The number of phenols is 1. The zero-order valence-electron chi connectivity index (χ0n) is 10.6. The Labute approximate surface area is 110 Å². The van der Waals surface area contributed by atoms with Crippen LogP contribution in [0.3, 0.4) is 0 Å². The number of aromatic hydroxyl groups is 1. The summed E-state index contributed by atoms with van der Waals surface area (Å²) < 4.78 is 5.72. The molecule has 0 fully saturated rings. The van der Waals surface area contributed by atoms with Gasteiger partial charge >= 0.3 is 0 Å². The number of benzene rings is 2. The van der Waals surface area contributed by atoms with E-state index in [0.29, 0.717) is 12.4 Å². The van der Waals surface area contributed by atoms with Crippen molar-refractivity contribution in [3.05, 3.63) is 53.9 Å². The summed E-state index contributed by atoms with van der Waals surface area (Å²) >= 11 is 0. The Kier molecular flexibility index (Phi) is 2.83. The SMILES string of the molecule is Cc1cccc2nc(CNc3ccc(O)cc3)oc12. The molecule has 4 heteroatoms. The number of aromatic nitrogens is 1. The third-order valence-corrected chi connectivity index (χ3v) is 2.97. The van der Waals surface area contributed by atoms with E-state index in [1.807, 2.05) is 37.3 Å². The van der Waals surface area contributed by atoms with Crippen LogP contribution in [0.4, 0.5) is 5.69 Å². The van der Waals surface area contributed by atoms with Gasteiger partial charge < -0.3 is 14.8 Å². The lowest BCUT2D eigenvalue weighted by Crippen LogP contribution is -1.98. The molecule has 0 spiro atoms. The van der Waals surface area contributed by atoms with Crippen LogP contribution in [0.5, 0.6) is 5.75 Å². The number of aryl methyl sites for hydroxylation is 1. The van der Waals surface area contributed by atoms with Gasteiger partial charge in [-0.15, -0.1) is 0 Å². The first-order valence-corrected chi connectivity index (χ1v) is 6.10. The molecule has 0 saturated heterocycles. The van der Waals surface area contributed by atoms with Gasteiger partial charge in [0.25, 0.3) is 0 Å². The van der Waals surface area contributed by atoms with Crippen LogP contribution in [0.1, 0.15) is 11.5 Å². The zero-order chi connectivity index (χ0) is 13.2. The van der Waals surface area contributed by atoms with Gasteiger partial charge in [-0.25, -0.2) is 4.98 Å². The van der Waals surface area contributed by atoms with Crippen LogP contribution >= 0.6 is 0 Å². The predicted octanol–water partition coefficient (Wildman–Crippen LogP) is 3.45. The zero-order valence-corrected chi connectivity index (χ0v) is 10.6. The standard InChI is InChI=1S/C15H14N2O2/c1-10-3-2-4-13-15(10)19-14(17-13)9-16-11-5-7-12(18)8-6-11/h2-8,16,18H,9H2,1H3. The second-order valence-corrected chi connectivity index (χ2v) is 4.43. The lowest BCUT2D eigenvalue weighted by atomic mass is 10.2.